The van der Waals surface area contributed by atoms with Gasteiger partial charge in [-0.25, -0.2) is 9.78 Å². The number of aromatic nitrogens is 1. The lowest BCUT2D eigenvalue weighted by atomic mass is 9.91. The fourth-order valence-corrected chi connectivity index (χ4v) is 2.53. The van der Waals surface area contributed by atoms with E-state index in [0.29, 0.717) is 11.5 Å². The van der Waals surface area contributed by atoms with Crippen LogP contribution in [0.3, 0.4) is 0 Å². The van der Waals surface area contributed by atoms with Crippen molar-refractivity contribution >= 4 is 11.8 Å². The highest BCUT2D eigenvalue weighted by atomic mass is 16.5. The SMILES string of the molecule is CCC1CN(c2cc(C(=O)OC)ccn2)CCC1N. The molecule has 2 heterocycles. The molecular weight excluding hydrogens is 242 g/mol. The number of nitrogens with two attached hydrogens (primary N) is 1. The van der Waals surface area contributed by atoms with Gasteiger partial charge in [-0.05, 0) is 24.5 Å². The molecule has 1 aromatic heterocycles. The van der Waals surface area contributed by atoms with Gasteiger partial charge in [0.15, 0.2) is 0 Å². The lowest BCUT2D eigenvalue weighted by Gasteiger charge is -2.37. The molecule has 0 aromatic carbocycles. The maximum absolute atomic E-state index is 11.5. The van der Waals surface area contributed by atoms with Gasteiger partial charge in [0.25, 0.3) is 0 Å². The summed E-state index contributed by atoms with van der Waals surface area (Å²) >= 11 is 0. The third kappa shape index (κ3) is 3.04. The summed E-state index contributed by atoms with van der Waals surface area (Å²) in [6, 6.07) is 3.72. The maximum Gasteiger partial charge on any atom is 0.338 e. The van der Waals surface area contributed by atoms with Crippen LogP contribution in [0, 0.1) is 5.92 Å². The van der Waals surface area contributed by atoms with Crippen molar-refractivity contribution in [1.82, 2.24) is 4.98 Å². The summed E-state index contributed by atoms with van der Waals surface area (Å²) in [6.07, 6.45) is 3.67. The van der Waals surface area contributed by atoms with Gasteiger partial charge >= 0.3 is 5.97 Å². The number of pyridine rings is 1. The summed E-state index contributed by atoms with van der Waals surface area (Å²) in [5, 5.41) is 0. The van der Waals surface area contributed by atoms with Crippen molar-refractivity contribution in [2.45, 2.75) is 25.8 Å². The van der Waals surface area contributed by atoms with E-state index in [-0.39, 0.29) is 12.0 Å². The molecule has 2 rings (SSSR count). The van der Waals surface area contributed by atoms with Crippen molar-refractivity contribution in [1.29, 1.82) is 0 Å². The molecule has 2 N–H and O–H groups in total. The molecule has 1 saturated heterocycles. The standard InChI is InChI=1S/C14H21N3O2/c1-3-10-9-17(7-5-12(10)15)13-8-11(4-6-16-13)14(18)19-2/h4,6,8,10,12H,3,5,7,9,15H2,1-2H3. The molecule has 1 aromatic rings. The Bertz CT molecular complexity index is 450. The molecule has 5 nitrogen and oxygen atoms in total. The highest BCUT2D eigenvalue weighted by Gasteiger charge is 2.26. The number of hydrogen-bond donors (Lipinski definition) is 1. The van der Waals surface area contributed by atoms with Crippen molar-refractivity contribution < 1.29 is 9.53 Å². The second kappa shape index (κ2) is 6.02. The number of esters is 1. The molecule has 0 bridgehead atoms. The second-order valence-electron chi connectivity index (χ2n) is 4.96. The number of ether oxygens (including phenoxy) is 1. The first kappa shape index (κ1) is 13.8. The van der Waals surface area contributed by atoms with Gasteiger partial charge in [-0.2, -0.15) is 0 Å². The number of methoxy groups -OCH3 is 1. The minimum atomic E-state index is -0.329. The zero-order chi connectivity index (χ0) is 13.8. The fourth-order valence-electron chi connectivity index (χ4n) is 2.53. The van der Waals surface area contributed by atoms with Crippen LogP contribution < -0.4 is 10.6 Å². The van der Waals surface area contributed by atoms with Gasteiger partial charge in [0.1, 0.15) is 5.82 Å². The molecule has 2 atom stereocenters. The molecule has 2 unspecified atom stereocenters. The topological polar surface area (TPSA) is 68.5 Å². The second-order valence-corrected chi connectivity index (χ2v) is 4.96. The highest BCUT2D eigenvalue weighted by Crippen LogP contribution is 2.23. The third-order valence-electron chi connectivity index (χ3n) is 3.81. The van der Waals surface area contributed by atoms with Crippen LogP contribution in [0.25, 0.3) is 0 Å². The summed E-state index contributed by atoms with van der Waals surface area (Å²) in [5.74, 6) is 0.981. The molecular formula is C14H21N3O2. The van der Waals surface area contributed by atoms with Crippen LogP contribution in [-0.4, -0.2) is 37.2 Å². The van der Waals surface area contributed by atoms with Gasteiger partial charge < -0.3 is 15.4 Å². The van der Waals surface area contributed by atoms with E-state index in [1.807, 2.05) is 0 Å². The fraction of sp³-hybridized carbons (Fsp3) is 0.571. The minimum absolute atomic E-state index is 0.269. The Morgan fingerprint density at radius 2 is 2.42 bits per heavy atom. The lowest BCUT2D eigenvalue weighted by molar-refractivity contribution is 0.0600. The third-order valence-corrected chi connectivity index (χ3v) is 3.81. The average Bonchev–Trinajstić information content (AvgIpc) is 2.47. The van der Waals surface area contributed by atoms with E-state index in [4.69, 9.17) is 10.5 Å². The van der Waals surface area contributed by atoms with E-state index in [9.17, 15) is 4.79 Å². The molecule has 1 aliphatic heterocycles. The van der Waals surface area contributed by atoms with E-state index < -0.39 is 0 Å². The highest BCUT2D eigenvalue weighted by molar-refractivity contribution is 5.90. The molecule has 5 heteroatoms. The number of carbonyl (C=O) groups excluding carboxylic acids is 1. The van der Waals surface area contributed by atoms with Crippen molar-refractivity contribution in [3.63, 3.8) is 0 Å². The van der Waals surface area contributed by atoms with E-state index in [2.05, 4.69) is 16.8 Å². The van der Waals surface area contributed by atoms with Crippen LogP contribution in [0.1, 0.15) is 30.1 Å². The first-order valence-corrected chi connectivity index (χ1v) is 6.70. The number of nitrogens with zero attached hydrogens (tertiary/aromatic N) is 2. The number of rotatable bonds is 3. The monoisotopic (exact) mass is 263 g/mol. The van der Waals surface area contributed by atoms with Crippen molar-refractivity contribution in [2.24, 2.45) is 11.7 Å². The average molecular weight is 263 g/mol. The molecule has 1 fully saturated rings. The van der Waals surface area contributed by atoms with Crippen molar-refractivity contribution in [3.8, 4) is 0 Å². The minimum Gasteiger partial charge on any atom is -0.465 e. The molecule has 1 aliphatic rings. The predicted octanol–water partition coefficient (Wildman–Crippen LogP) is 1.43. The van der Waals surface area contributed by atoms with Gasteiger partial charge in [0.2, 0.25) is 0 Å². The Morgan fingerprint density at radius 1 is 1.63 bits per heavy atom. The lowest BCUT2D eigenvalue weighted by Crippen LogP contribution is -2.47. The Balaban J connectivity index is 2.15. The van der Waals surface area contributed by atoms with E-state index >= 15 is 0 Å². The van der Waals surface area contributed by atoms with Crippen molar-refractivity contribution in [3.05, 3.63) is 23.9 Å². The molecule has 0 amide bonds. The van der Waals surface area contributed by atoms with Gasteiger partial charge in [0, 0.05) is 25.3 Å². The Morgan fingerprint density at radius 3 is 3.11 bits per heavy atom. The van der Waals surface area contributed by atoms with Gasteiger partial charge in [-0.1, -0.05) is 13.3 Å². The van der Waals surface area contributed by atoms with Crippen LogP contribution in [-0.2, 0) is 4.74 Å². The molecule has 104 valence electrons. The maximum atomic E-state index is 11.5. The van der Waals surface area contributed by atoms with Gasteiger partial charge in [-0.15, -0.1) is 0 Å². The van der Waals surface area contributed by atoms with Crippen LogP contribution >= 0.6 is 0 Å². The smallest absolute Gasteiger partial charge is 0.338 e. The number of hydrogen-bond acceptors (Lipinski definition) is 5. The van der Waals surface area contributed by atoms with Crippen LogP contribution in [0.4, 0.5) is 5.82 Å². The Labute approximate surface area is 113 Å². The molecule has 0 radical (unpaired) electrons. The quantitative estimate of drug-likeness (QED) is 0.836. The number of piperidine rings is 1. The number of carbonyl (C=O) groups is 1. The first-order valence-electron chi connectivity index (χ1n) is 6.70. The van der Waals surface area contributed by atoms with Crippen LogP contribution in [0.15, 0.2) is 18.3 Å². The predicted molar refractivity (Wildman–Crippen MR) is 74.2 cm³/mol. The molecule has 0 spiro atoms. The summed E-state index contributed by atoms with van der Waals surface area (Å²) in [4.78, 5) is 18.1. The summed E-state index contributed by atoms with van der Waals surface area (Å²) in [7, 11) is 1.38. The van der Waals surface area contributed by atoms with Crippen LogP contribution in [0.5, 0.6) is 0 Å². The van der Waals surface area contributed by atoms with E-state index in [0.717, 1.165) is 31.7 Å². The largest absolute Gasteiger partial charge is 0.465 e. The zero-order valence-corrected chi connectivity index (χ0v) is 11.5. The van der Waals surface area contributed by atoms with E-state index in [1.54, 1.807) is 18.3 Å². The van der Waals surface area contributed by atoms with E-state index in [1.165, 1.54) is 7.11 Å². The van der Waals surface area contributed by atoms with Crippen LogP contribution in [0.2, 0.25) is 0 Å². The number of anilines is 1. The first-order chi connectivity index (χ1) is 9.15. The normalized spacial score (nSPS) is 23.2. The summed E-state index contributed by atoms with van der Waals surface area (Å²) < 4.78 is 4.73. The van der Waals surface area contributed by atoms with Gasteiger partial charge in [0.05, 0.1) is 12.7 Å². The van der Waals surface area contributed by atoms with Crippen molar-refractivity contribution in [2.75, 3.05) is 25.1 Å². The molecule has 19 heavy (non-hydrogen) atoms. The summed E-state index contributed by atoms with van der Waals surface area (Å²) in [5.41, 5.74) is 6.65. The molecule has 0 saturated carbocycles. The van der Waals surface area contributed by atoms with Gasteiger partial charge in [-0.3, -0.25) is 0 Å². The molecule has 0 aliphatic carbocycles. The Kier molecular flexibility index (Phi) is 4.37. The zero-order valence-electron chi connectivity index (χ0n) is 11.5. The summed E-state index contributed by atoms with van der Waals surface area (Å²) in [6.45, 7) is 3.94. The Hall–Kier alpha value is -1.62.